The molecule has 1 aromatic carbocycles. The number of hydrogen-bond acceptors (Lipinski definition) is 4. The van der Waals surface area contributed by atoms with Crippen LogP contribution in [0.15, 0.2) is 23.1 Å². The third kappa shape index (κ3) is 4.20. The molecule has 0 aliphatic rings. The fourth-order valence-electron chi connectivity index (χ4n) is 1.23. The highest BCUT2D eigenvalue weighted by Gasteiger charge is 2.13. The number of carbonyl (C=O) groups excluding carboxylic acids is 1. The zero-order chi connectivity index (χ0) is 12.8. The van der Waals surface area contributed by atoms with Crippen LogP contribution >= 0.6 is 23.4 Å². The Bertz CT molecular complexity index is 401. The number of ether oxygens (including phenoxy) is 1. The normalized spacial score (nSPS) is 12.2. The third-order valence-corrected chi connectivity index (χ3v) is 3.32. The fraction of sp³-hybridized carbons (Fsp3) is 0.364. The number of halogens is 1. The van der Waals surface area contributed by atoms with Gasteiger partial charge in [-0.2, -0.15) is 0 Å². The van der Waals surface area contributed by atoms with E-state index in [1.165, 1.54) is 7.11 Å². The van der Waals surface area contributed by atoms with E-state index < -0.39 is 6.04 Å². The van der Waals surface area contributed by atoms with Crippen molar-refractivity contribution in [2.75, 3.05) is 25.3 Å². The highest BCUT2D eigenvalue weighted by molar-refractivity contribution is 7.98. The Hall–Kier alpha value is -0.750. The van der Waals surface area contributed by atoms with Gasteiger partial charge in [-0.25, -0.2) is 0 Å². The first-order valence-corrected chi connectivity index (χ1v) is 6.57. The van der Waals surface area contributed by atoms with Crippen LogP contribution in [0.2, 0.25) is 5.02 Å². The average Bonchev–Trinajstić information content (AvgIpc) is 2.29. The number of carbonyl (C=O) groups is 1. The molecule has 3 N–H and O–H groups in total. The molecule has 1 atom stereocenters. The number of nitrogens with two attached hydrogens (primary N) is 1. The van der Waals surface area contributed by atoms with E-state index >= 15 is 0 Å². The Labute approximate surface area is 110 Å². The van der Waals surface area contributed by atoms with Gasteiger partial charge >= 0.3 is 0 Å². The zero-order valence-corrected chi connectivity index (χ0v) is 11.3. The maximum atomic E-state index is 11.6. The summed E-state index contributed by atoms with van der Waals surface area (Å²) in [6.07, 6.45) is 1.94. The number of hydrogen-bond donors (Lipinski definition) is 2. The SMILES string of the molecule is COCC(N)C(=O)Nc1ccc(SC)c(Cl)c1. The van der Waals surface area contributed by atoms with Gasteiger partial charge in [-0.1, -0.05) is 11.6 Å². The number of anilines is 1. The summed E-state index contributed by atoms with van der Waals surface area (Å²) < 4.78 is 4.81. The van der Waals surface area contributed by atoms with Gasteiger partial charge in [0.2, 0.25) is 5.91 Å². The molecular formula is C11H15ClN2O2S. The highest BCUT2D eigenvalue weighted by atomic mass is 35.5. The predicted molar refractivity (Wildman–Crippen MR) is 71.7 cm³/mol. The molecule has 6 heteroatoms. The Morgan fingerprint density at radius 1 is 1.65 bits per heavy atom. The van der Waals surface area contributed by atoms with Gasteiger partial charge in [0.05, 0.1) is 11.6 Å². The van der Waals surface area contributed by atoms with Crippen molar-refractivity contribution >= 4 is 35.0 Å². The molecule has 0 heterocycles. The number of nitrogens with one attached hydrogen (secondary N) is 1. The Balaban J connectivity index is 2.69. The quantitative estimate of drug-likeness (QED) is 0.806. The lowest BCUT2D eigenvalue weighted by Crippen LogP contribution is -2.39. The second-order valence-corrected chi connectivity index (χ2v) is 4.66. The van der Waals surface area contributed by atoms with E-state index in [0.717, 1.165) is 4.90 Å². The van der Waals surface area contributed by atoms with E-state index in [1.807, 2.05) is 12.3 Å². The molecule has 0 aliphatic heterocycles. The van der Waals surface area contributed by atoms with Crippen LogP contribution in [0.4, 0.5) is 5.69 Å². The van der Waals surface area contributed by atoms with Gasteiger partial charge in [0.15, 0.2) is 0 Å². The first-order valence-electron chi connectivity index (χ1n) is 4.97. The molecule has 17 heavy (non-hydrogen) atoms. The van der Waals surface area contributed by atoms with Crippen molar-refractivity contribution in [3.63, 3.8) is 0 Å². The van der Waals surface area contributed by atoms with Crippen molar-refractivity contribution in [3.05, 3.63) is 23.2 Å². The molecule has 0 saturated carbocycles. The second kappa shape index (κ2) is 6.86. The van der Waals surface area contributed by atoms with Gasteiger partial charge in [0, 0.05) is 17.7 Å². The number of amides is 1. The second-order valence-electron chi connectivity index (χ2n) is 3.40. The standard InChI is InChI=1S/C11H15ClN2O2S/c1-16-6-9(13)11(15)14-7-3-4-10(17-2)8(12)5-7/h3-5,9H,6,13H2,1-2H3,(H,14,15). The van der Waals surface area contributed by atoms with Crippen molar-refractivity contribution in [2.45, 2.75) is 10.9 Å². The van der Waals surface area contributed by atoms with E-state index in [1.54, 1.807) is 23.9 Å². The lowest BCUT2D eigenvalue weighted by atomic mass is 10.2. The van der Waals surface area contributed by atoms with E-state index in [-0.39, 0.29) is 12.5 Å². The van der Waals surface area contributed by atoms with Crippen LogP contribution < -0.4 is 11.1 Å². The molecule has 0 fully saturated rings. The predicted octanol–water partition coefficient (Wildman–Crippen LogP) is 1.97. The first kappa shape index (κ1) is 14.3. The van der Waals surface area contributed by atoms with E-state index in [9.17, 15) is 4.79 Å². The van der Waals surface area contributed by atoms with Crippen molar-refractivity contribution < 1.29 is 9.53 Å². The van der Waals surface area contributed by atoms with Crippen molar-refractivity contribution in [3.8, 4) is 0 Å². The summed E-state index contributed by atoms with van der Waals surface area (Å²) in [5.41, 5.74) is 6.22. The molecule has 0 aliphatic carbocycles. The van der Waals surface area contributed by atoms with Gasteiger partial charge in [-0.3, -0.25) is 4.79 Å². The van der Waals surface area contributed by atoms with Crippen LogP contribution in [0.3, 0.4) is 0 Å². The highest BCUT2D eigenvalue weighted by Crippen LogP contribution is 2.27. The Morgan fingerprint density at radius 3 is 2.88 bits per heavy atom. The molecule has 0 aromatic heterocycles. The Morgan fingerprint density at radius 2 is 2.35 bits per heavy atom. The largest absolute Gasteiger partial charge is 0.383 e. The van der Waals surface area contributed by atoms with Crippen LogP contribution in [-0.4, -0.2) is 31.9 Å². The molecule has 1 aromatic rings. The average molecular weight is 275 g/mol. The number of thioether (sulfide) groups is 1. The van der Waals surface area contributed by atoms with Crippen molar-refractivity contribution in [2.24, 2.45) is 5.73 Å². The monoisotopic (exact) mass is 274 g/mol. The van der Waals surface area contributed by atoms with E-state index in [2.05, 4.69) is 5.32 Å². The fourth-order valence-corrected chi connectivity index (χ4v) is 2.10. The number of methoxy groups -OCH3 is 1. The summed E-state index contributed by atoms with van der Waals surface area (Å²) in [4.78, 5) is 12.6. The minimum Gasteiger partial charge on any atom is -0.383 e. The van der Waals surface area contributed by atoms with Gasteiger partial charge < -0.3 is 15.8 Å². The van der Waals surface area contributed by atoms with Crippen LogP contribution in [0.5, 0.6) is 0 Å². The minimum atomic E-state index is -0.681. The number of rotatable bonds is 5. The van der Waals surface area contributed by atoms with Gasteiger partial charge in [0.1, 0.15) is 6.04 Å². The van der Waals surface area contributed by atoms with Gasteiger partial charge in [-0.05, 0) is 24.5 Å². The smallest absolute Gasteiger partial charge is 0.243 e. The third-order valence-electron chi connectivity index (χ3n) is 2.10. The lowest BCUT2D eigenvalue weighted by Gasteiger charge is -2.12. The molecule has 0 saturated heterocycles. The summed E-state index contributed by atoms with van der Waals surface area (Å²) in [5, 5.41) is 3.29. The van der Waals surface area contributed by atoms with Crippen LogP contribution in [0.1, 0.15) is 0 Å². The molecule has 0 bridgehead atoms. The first-order chi connectivity index (χ1) is 8.08. The maximum absolute atomic E-state index is 11.6. The zero-order valence-electron chi connectivity index (χ0n) is 9.70. The number of benzene rings is 1. The lowest BCUT2D eigenvalue weighted by molar-refractivity contribution is -0.118. The van der Waals surface area contributed by atoms with E-state index in [0.29, 0.717) is 10.7 Å². The molecular weight excluding hydrogens is 260 g/mol. The summed E-state index contributed by atoms with van der Waals surface area (Å²) in [5.74, 6) is -0.292. The molecule has 1 rings (SSSR count). The molecule has 94 valence electrons. The summed E-state index contributed by atoms with van der Waals surface area (Å²) in [7, 11) is 1.50. The molecule has 1 amide bonds. The molecule has 0 spiro atoms. The van der Waals surface area contributed by atoms with Crippen LogP contribution in [0, 0.1) is 0 Å². The minimum absolute atomic E-state index is 0.183. The van der Waals surface area contributed by atoms with Crippen LogP contribution in [0.25, 0.3) is 0 Å². The van der Waals surface area contributed by atoms with Gasteiger partial charge in [-0.15, -0.1) is 11.8 Å². The van der Waals surface area contributed by atoms with Crippen molar-refractivity contribution in [1.29, 1.82) is 0 Å². The van der Waals surface area contributed by atoms with Crippen LogP contribution in [-0.2, 0) is 9.53 Å². The summed E-state index contributed by atoms with van der Waals surface area (Å²) in [6, 6.07) is 4.66. The van der Waals surface area contributed by atoms with E-state index in [4.69, 9.17) is 22.1 Å². The Kier molecular flexibility index (Phi) is 5.77. The molecule has 0 radical (unpaired) electrons. The summed E-state index contributed by atoms with van der Waals surface area (Å²) in [6.45, 7) is 0.183. The summed E-state index contributed by atoms with van der Waals surface area (Å²) >= 11 is 7.57. The van der Waals surface area contributed by atoms with Gasteiger partial charge in [0.25, 0.3) is 0 Å². The topological polar surface area (TPSA) is 64.3 Å². The molecule has 1 unspecified atom stereocenters. The van der Waals surface area contributed by atoms with Crippen molar-refractivity contribution in [1.82, 2.24) is 0 Å². The maximum Gasteiger partial charge on any atom is 0.243 e. The molecule has 4 nitrogen and oxygen atoms in total.